The zero-order chi connectivity index (χ0) is 25.7. The Morgan fingerprint density at radius 1 is 1.19 bits per heavy atom. The SMILES string of the molecule is CC(C)CCN(CC(=O)N1CCc2sccc2C1COc1ccccc1F)C(=O)c1cccc(Cl)c1. The fraction of sp³-hybridized carbons (Fsp3) is 0.357. The number of hydrogen-bond donors (Lipinski definition) is 0. The highest BCUT2D eigenvalue weighted by atomic mass is 35.5. The van der Waals surface area contributed by atoms with Gasteiger partial charge in [0.2, 0.25) is 5.91 Å². The van der Waals surface area contributed by atoms with Crippen LogP contribution in [0.4, 0.5) is 4.39 Å². The van der Waals surface area contributed by atoms with Gasteiger partial charge in [-0.05, 0) is 66.1 Å². The molecule has 190 valence electrons. The summed E-state index contributed by atoms with van der Waals surface area (Å²) in [5.74, 6) is -0.294. The Labute approximate surface area is 220 Å². The summed E-state index contributed by atoms with van der Waals surface area (Å²) in [6.45, 7) is 5.23. The number of carbonyl (C=O) groups excluding carboxylic acids is 2. The van der Waals surface area contributed by atoms with E-state index in [1.165, 1.54) is 10.9 Å². The molecule has 0 saturated heterocycles. The Morgan fingerprint density at radius 3 is 2.75 bits per heavy atom. The zero-order valence-electron chi connectivity index (χ0n) is 20.5. The first-order valence-electron chi connectivity index (χ1n) is 12.1. The summed E-state index contributed by atoms with van der Waals surface area (Å²) < 4.78 is 20.0. The molecule has 0 saturated carbocycles. The van der Waals surface area contributed by atoms with Gasteiger partial charge in [-0.2, -0.15) is 0 Å². The number of carbonyl (C=O) groups is 2. The predicted octanol–water partition coefficient (Wildman–Crippen LogP) is 6.23. The number of benzene rings is 2. The molecule has 0 radical (unpaired) electrons. The smallest absolute Gasteiger partial charge is 0.254 e. The van der Waals surface area contributed by atoms with Crippen molar-refractivity contribution in [3.63, 3.8) is 0 Å². The van der Waals surface area contributed by atoms with Gasteiger partial charge in [0.25, 0.3) is 5.91 Å². The maximum atomic E-state index is 14.2. The second kappa shape index (κ2) is 11.9. The van der Waals surface area contributed by atoms with Crippen LogP contribution < -0.4 is 4.74 Å². The summed E-state index contributed by atoms with van der Waals surface area (Å²) in [7, 11) is 0. The van der Waals surface area contributed by atoms with E-state index < -0.39 is 5.82 Å². The maximum absolute atomic E-state index is 14.2. The molecule has 1 aliphatic heterocycles. The average molecular weight is 529 g/mol. The van der Waals surface area contributed by atoms with Crippen LogP contribution in [0.15, 0.2) is 60.0 Å². The standard InChI is InChI=1S/C28H30ClFN2O3S/c1-19(2)10-13-31(28(34)20-6-5-7-21(29)16-20)17-27(33)32-14-11-26-22(12-15-36-26)24(32)18-35-25-9-4-3-8-23(25)30/h3-9,12,15-16,19,24H,10-11,13-14,17-18H2,1-2H3. The Bertz CT molecular complexity index is 1210. The van der Waals surface area contributed by atoms with Gasteiger partial charge in [-0.15, -0.1) is 11.3 Å². The second-order valence-corrected chi connectivity index (χ2v) is 10.8. The number of fused-ring (bicyclic) bond motifs is 1. The van der Waals surface area contributed by atoms with Crippen molar-refractivity contribution in [2.24, 2.45) is 5.92 Å². The molecule has 1 aliphatic rings. The molecule has 0 spiro atoms. The molecule has 36 heavy (non-hydrogen) atoms. The van der Waals surface area contributed by atoms with E-state index in [-0.39, 0.29) is 36.8 Å². The lowest BCUT2D eigenvalue weighted by molar-refractivity contribution is -0.135. The molecule has 4 rings (SSSR count). The molecule has 8 heteroatoms. The molecule has 0 bridgehead atoms. The van der Waals surface area contributed by atoms with Crippen molar-refractivity contribution in [1.29, 1.82) is 0 Å². The first-order chi connectivity index (χ1) is 17.3. The summed E-state index contributed by atoms with van der Waals surface area (Å²) in [6.07, 6.45) is 1.51. The van der Waals surface area contributed by atoms with Crippen LogP contribution in [0.2, 0.25) is 5.02 Å². The Morgan fingerprint density at radius 2 is 2.00 bits per heavy atom. The lowest BCUT2D eigenvalue weighted by atomic mass is 10.00. The molecular formula is C28H30ClFN2O3S. The zero-order valence-corrected chi connectivity index (χ0v) is 22.0. The van der Waals surface area contributed by atoms with Gasteiger partial charge >= 0.3 is 0 Å². The largest absolute Gasteiger partial charge is 0.488 e. The highest BCUT2D eigenvalue weighted by molar-refractivity contribution is 7.10. The lowest BCUT2D eigenvalue weighted by Crippen LogP contribution is -2.48. The van der Waals surface area contributed by atoms with Crippen LogP contribution in [0, 0.1) is 11.7 Å². The van der Waals surface area contributed by atoms with Gasteiger partial charge in [0.1, 0.15) is 13.2 Å². The summed E-state index contributed by atoms with van der Waals surface area (Å²) in [5.41, 5.74) is 1.48. The fourth-order valence-corrected chi connectivity index (χ4v) is 5.45. The Kier molecular flexibility index (Phi) is 8.64. The highest BCUT2D eigenvalue weighted by Gasteiger charge is 2.34. The van der Waals surface area contributed by atoms with E-state index in [4.69, 9.17) is 16.3 Å². The fourth-order valence-electron chi connectivity index (χ4n) is 4.33. The average Bonchev–Trinajstić information content (AvgIpc) is 3.34. The molecule has 2 heterocycles. The third-order valence-electron chi connectivity index (χ3n) is 6.31. The Hall–Kier alpha value is -2.90. The molecule has 1 atom stereocenters. The lowest BCUT2D eigenvalue weighted by Gasteiger charge is -2.37. The molecule has 0 aliphatic carbocycles. The minimum Gasteiger partial charge on any atom is -0.488 e. The van der Waals surface area contributed by atoms with E-state index >= 15 is 0 Å². The van der Waals surface area contributed by atoms with Crippen LogP contribution in [0.5, 0.6) is 5.75 Å². The molecule has 2 amide bonds. The first-order valence-corrected chi connectivity index (χ1v) is 13.4. The molecule has 0 N–H and O–H groups in total. The topological polar surface area (TPSA) is 49.9 Å². The van der Waals surface area contributed by atoms with Crippen LogP contribution in [-0.4, -0.2) is 47.9 Å². The third kappa shape index (κ3) is 6.26. The Balaban J connectivity index is 1.54. The van der Waals surface area contributed by atoms with Gasteiger partial charge in [0, 0.05) is 28.6 Å². The summed E-state index contributed by atoms with van der Waals surface area (Å²) in [4.78, 5) is 31.6. The van der Waals surface area contributed by atoms with Crippen molar-refractivity contribution in [1.82, 2.24) is 9.80 Å². The van der Waals surface area contributed by atoms with E-state index in [1.807, 2.05) is 11.4 Å². The monoisotopic (exact) mass is 528 g/mol. The summed E-state index contributed by atoms with van der Waals surface area (Å²) >= 11 is 7.77. The van der Waals surface area contributed by atoms with Crippen LogP contribution in [-0.2, 0) is 11.2 Å². The van der Waals surface area contributed by atoms with E-state index in [0.29, 0.717) is 29.6 Å². The van der Waals surface area contributed by atoms with Crippen molar-refractivity contribution in [3.05, 3.63) is 86.8 Å². The van der Waals surface area contributed by atoms with E-state index in [1.54, 1.807) is 63.6 Å². The van der Waals surface area contributed by atoms with Gasteiger partial charge in [0.15, 0.2) is 11.6 Å². The molecule has 1 aromatic heterocycles. The molecule has 3 aromatic rings. The molecule has 5 nitrogen and oxygen atoms in total. The first kappa shape index (κ1) is 26.2. The van der Waals surface area contributed by atoms with Crippen molar-refractivity contribution in [2.75, 3.05) is 26.2 Å². The maximum Gasteiger partial charge on any atom is 0.254 e. The van der Waals surface area contributed by atoms with Gasteiger partial charge in [-0.25, -0.2) is 4.39 Å². The van der Waals surface area contributed by atoms with Crippen LogP contribution in [0.3, 0.4) is 0 Å². The number of rotatable bonds is 9. The van der Waals surface area contributed by atoms with Crippen molar-refractivity contribution < 1.29 is 18.7 Å². The number of nitrogens with zero attached hydrogens (tertiary/aromatic N) is 2. The van der Waals surface area contributed by atoms with Gasteiger partial charge in [-0.3, -0.25) is 9.59 Å². The van der Waals surface area contributed by atoms with Gasteiger partial charge in [0.05, 0.1) is 6.04 Å². The number of thiophene rings is 1. The molecule has 0 fully saturated rings. The highest BCUT2D eigenvalue weighted by Crippen LogP contribution is 2.34. The summed E-state index contributed by atoms with van der Waals surface area (Å²) in [5, 5.41) is 2.48. The van der Waals surface area contributed by atoms with E-state index in [0.717, 1.165) is 18.4 Å². The minimum atomic E-state index is -0.441. The number of ether oxygens (including phenoxy) is 1. The van der Waals surface area contributed by atoms with E-state index in [2.05, 4.69) is 13.8 Å². The van der Waals surface area contributed by atoms with Crippen LogP contribution >= 0.6 is 22.9 Å². The molecule has 2 aromatic carbocycles. The van der Waals surface area contributed by atoms with Crippen molar-refractivity contribution in [3.8, 4) is 5.75 Å². The van der Waals surface area contributed by atoms with E-state index in [9.17, 15) is 14.0 Å². The van der Waals surface area contributed by atoms with Gasteiger partial charge in [-0.1, -0.05) is 43.6 Å². The number of amides is 2. The van der Waals surface area contributed by atoms with Crippen molar-refractivity contribution >= 4 is 34.8 Å². The second-order valence-electron chi connectivity index (χ2n) is 9.31. The predicted molar refractivity (Wildman–Crippen MR) is 141 cm³/mol. The number of hydrogen-bond acceptors (Lipinski definition) is 4. The minimum absolute atomic E-state index is 0.0479. The third-order valence-corrected chi connectivity index (χ3v) is 7.54. The number of halogens is 2. The molecule has 1 unspecified atom stereocenters. The van der Waals surface area contributed by atoms with Crippen molar-refractivity contribution in [2.45, 2.75) is 32.7 Å². The van der Waals surface area contributed by atoms with Crippen LogP contribution in [0.1, 0.15) is 47.1 Å². The quantitative estimate of drug-likeness (QED) is 0.330. The van der Waals surface area contributed by atoms with Crippen LogP contribution in [0.25, 0.3) is 0 Å². The normalized spacial score (nSPS) is 15.0. The van der Waals surface area contributed by atoms with Gasteiger partial charge < -0.3 is 14.5 Å². The summed E-state index contributed by atoms with van der Waals surface area (Å²) in [6, 6.07) is 14.7. The molecular weight excluding hydrogens is 499 g/mol. The number of para-hydroxylation sites is 1.